The fraction of sp³-hybridized carbons (Fsp3) is 0.351. The number of aromatic nitrogens is 4. The van der Waals surface area contributed by atoms with Crippen LogP contribution in [0.2, 0.25) is 10.0 Å². The molecule has 50 heavy (non-hydrogen) atoms. The summed E-state index contributed by atoms with van der Waals surface area (Å²) in [5.41, 5.74) is 5.58. The molecule has 5 heterocycles. The summed E-state index contributed by atoms with van der Waals surface area (Å²) in [4.78, 5) is 31.9. The zero-order valence-electron chi connectivity index (χ0n) is 28.0. The van der Waals surface area contributed by atoms with Crippen molar-refractivity contribution in [1.82, 2.24) is 34.7 Å². The lowest BCUT2D eigenvalue weighted by molar-refractivity contribution is -0.119. The molecule has 0 unspecified atom stereocenters. The average Bonchev–Trinajstić information content (AvgIpc) is 3.74. The monoisotopic (exact) mass is 715 g/mol. The van der Waals surface area contributed by atoms with Crippen molar-refractivity contribution in [3.05, 3.63) is 92.6 Å². The third kappa shape index (κ3) is 6.88. The van der Waals surface area contributed by atoms with Gasteiger partial charge in [-0.2, -0.15) is 5.10 Å². The van der Waals surface area contributed by atoms with Crippen LogP contribution in [0, 0.1) is 0 Å². The van der Waals surface area contributed by atoms with Crippen LogP contribution in [0.5, 0.6) is 5.88 Å². The first-order valence-electron chi connectivity index (χ1n) is 16.8. The van der Waals surface area contributed by atoms with Gasteiger partial charge in [-0.15, -0.1) is 0 Å². The highest BCUT2D eigenvalue weighted by molar-refractivity contribution is 6.39. The molecule has 0 radical (unpaired) electrons. The summed E-state index contributed by atoms with van der Waals surface area (Å²) >= 11 is 14.2. The Morgan fingerprint density at radius 1 is 0.980 bits per heavy atom. The number of ether oxygens (including phenoxy) is 1. The van der Waals surface area contributed by atoms with Crippen molar-refractivity contribution in [2.24, 2.45) is 7.05 Å². The number of amides is 1. The van der Waals surface area contributed by atoms with E-state index in [1.165, 1.54) is 0 Å². The molecule has 7 rings (SSSR count). The van der Waals surface area contributed by atoms with Gasteiger partial charge in [0.25, 0.3) is 5.56 Å². The van der Waals surface area contributed by atoms with E-state index in [1.54, 1.807) is 23.2 Å². The Hall–Kier alpha value is -4.26. The van der Waals surface area contributed by atoms with Gasteiger partial charge < -0.3 is 20.5 Å². The Kier molecular flexibility index (Phi) is 9.94. The summed E-state index contributed by atoms with van der Waals surface area (Å²) < 4.78 is 8.87. The van der Waals surface area contributed by atoms with Crippen LogP contribution in [0.1, 0.15) is 37.1 Å². The molecule has 3 N–H and O–H groups in total. The molecule has 1 amide bonds. The molecule has 2 aromatic carbocycles. The number of likely N-dealkylation sites (tertiary alicyclic amines) is 1. The molecule has 13 heteroatoms. The van der Waals surface area contributed by atoms with Gasteiger partial charge in [-0.25, -0.2) is 9.50 Å². The maximum Gasteiger partial charge on any atom is 0.277 e. The smallest absolute Gasteiger partial charge is 0.277 e. The predicted octanol–water partition coefficient (Wildman–Crippen LogP) is 5.07. The number of benzene rings is 2. The number of methoxy groups -OCH3 is 1. The van der Waals surface area contributed by atoms with Crippen LogP contribution in [-0.2, 0) is 24.9 Å². The number of piperidine rings is 1. The van der Waals surface area contributed by atoms with Gasteiger partial charge in [0.05, 0.1) is 35.5 Å². The van der Waals surface area contributed by atoms with Gasteiger partial charge in [0.2, 0.25) is 11.8 Å². The minimum Gasteiger partial charge on any atom is -0.481 e. The minimum atomic E-state index is -0.269. The van der Waals surface area contributed by atoms with Crippen molar-refractivity contribution < 1.29 is 14.6 Å². The second-order valence-corrected chi connectivity index (χ2v) is 13.7. The molecule has 3 aromatic heterocycles. The molecule has 0 aliphatic carbocycles. The molecule has 11 nitrogen and oxygen atoms in total. The molecular weight excluding hydrogens is 677 g/mol. The van der Waals surface area contributed by atoms with E-state index in [-0.39, 0.29) is 23.6 Å². The summed E-state index contributed by atoms with van der Waals surface area (Å²) in [7, 11) is 3.33. The van der Waals surface area contributed by atoms with Crippen molar-refractivity contribution >= 4 is 34.6 Å². The Balaban J connectivity index is 1.15. The highest BCUT2D eigenvalue weighted by Gasteiger charge is 2.23. The van der Waals surface area contributed by atoms with Gasteiger partial charge in [0, 0.05) is 85.3 Å². The molecule has 2 saturated heterocycles. The second-order valence-electron chi connectivity index (χ2n) is 13.0. The number of hydrogen-bond donors (Lipinski definition) is 3. The average molecular weight is 717 g/mol. The molecule has 0 bridgehead atoms. The van der Waals surface area contributed by atoms with E-state index in [0.717, 1.165) is 52.9 Å². The summed E-state index contributed by atoms with van der Waals surface area (Å²) in [6, 6.07) is 17.4. The Morgan fingerprint density at radius 2 is 1.68 bits per heavy atom. The van der Waals surface area contributed by atoms with E-state index in [0.29, 0.717) is 71.9 Å². The topological polar surface area (TPSA) is 126 Å². The fourth-order valence-electron chi connectivity index (χ4n) is 6.78. The Labute approximate surface area is 299 Å². The molecule has 2 fully saturated rings. The number of rotatable bonds is 10. The lowest BCUT2D eigenvalue weighted by atomic mass is 9.97. The quantitative estimate of drug-likeness (QED) is 0.183. The van der Waals surface area contributed by atoms with Gasteiger partial charge in [-0.1, -0.05) is 65.7 Å². The van der Waals surface area contributed by atoms with Crippen molar-refractivity contribution in [2.45, 2.75) is 50.9 Å². The van der Waals surface area contributed by atoms with E-state index in [9.17, 15) is 14.7 Å². The number of fused-ring (bicyclic) bond motifs is 1. The molecule has 260 valence electrons. The third-order valence-electron chi connectivity index (χ3n) is 9.65. The van der Waals surface area contributed by atoms with Crippen LogP contribution in [0.4, 0.5) is 0 Å². The number of aliphatic hydroxyl groups excluding tert-OH is 1. The fourth-order valence-corrected chi connectivity index (χ4v) is 7.44. The van der Waals surface area contributed by atoms with Crippen LogP contribution < -0.4 is 20.9 Å². The second kappa shape index (κ2) is 14.5. The first kappa shape index (κ1) is 34.2. The predicted molar refractivity (Wildman–Crippen MR) is 194 cm³/mol. The summed E-state index contributed by atoms with van der Waals surface area (Å²) in [6.45, 7) is 3.25. The zero-order chi connectivity index (χ0) is 34.9. The van der Waals surface area contributed by atoms with Gasteiger partial charge in [-0.05, 0) is 31.4 Å². The zero-order valence-corrected chi connectivity index (χ0v) is 29.5. The van der Waals surface area contributed by atoms with E-state index < -0.39 is 0 Å². The highest BCUT2D eigenvalue weighted by Crippen LogP contribution is 2.42. The summed E-state index contributed by atoms with van der Waals surface area (Å²) in [5, 5.41) is 22.0. The molecule has 5 aromatic rings. The van der Waals surface area contributed by atoms with E-state index >= 15 is 0 Å². The van der Waals surface area contributed by atoms with Crippen molar-refractivity contribution in [1.29, 1.82) is 0 Å². The largest absolute Gasteiger partial charge is 0.481 e. The molecule has 0 spiro atoms. The minimum absolute atomic E-state index is 0.0938. The van der Waals surface area contributed by atoms with Crippen LogP contribution in [-0.4, -0.2) is 74.0 Å². The molecule has 0 saturated carbocycles. The Bertz CT molecular complexity index is 2120. The molecule has 2 aliphatic rings. The van der Waals surface area contributed by atoms with E-state index in [1.807, 2.05) is 60.8 Å². The van der Waals surface area contributed by atoms with E-state index in [4.69, 9.17) is 38.0 Å². The summed E-state index contributed by atoms with van der Waals surface area (Å²) in [5.74, 6) is 1.24. The molecule has 2 aliphatic heterocycles. The first-order chi connectivity index (χ1) is 24.2. The van der Waals surface area contributed by atoms with Crippen LogP contribution in [0.3, 0.4) is 0 Å². The van der Waals surface area contributed by atoms with Crippen molar-refractivity contribution in [3.8, 4) is 39.4 Å². The van der Waals surface area contributed by atoms with Gasteiger partial charge in [0.1, 0.15) is 11.3 Å². The van der Waals surface area contributed by atoms with Gasteiger partial charge >= 0.3 is 0 Å². The van der Waals surface area contributed by atoms with Crippen molar-refractivity contribution in [3.63, 3.8) is 0 Å². The van der Waals surface area contributed by atoms with Gasteiger partial charge in [0.15, 0.2) is 0 Å². The van der Waals surface area contributed by atoms with Gasteiger partial charge in [-0.3, -0.25) is 19.1 Å². The number of nitrogens with zero attached hydrogens (tertiary/aromatic N) is 5. The molecular formula is C37H39Cl2N7O4. The summed E-state index contributed by atoms with van der Waals surface area (Å²) in [6.07, 6.45) is 4.38. The number of halogens is 2. The van der Waals surface area contributed by atoms with E-state index in [2.05, 4.69) is 15.5 Å². The first-order valence-corrected chi connectivity index (χ1v) is 17.6. The highest BCUT2D eigenvalue weighted by atomic mass is 35.5. The molecule has 1 atom stereocenters. The number of carbonyl (C=O) groups is 1. The normalized spacial score (nSPS) is 17.1. The SMILES string of the molecule is COc1nc(-c2cccc(-c3cccc(-c4cc5c(=O)n(C)c(CN6CCC(O)CC6)nn5c4)c3Cl)c2Cl)ccc1CNC[C@@H]1CCC(=O)N1. The standard InChI is InChI=1S/C37H39Cl2N7O4/c1-44-32(21-45-15-13-25(47)14-16-45)43-46-20-23(17-31(46)37(44)49)26-5-3-6-27(34(26)38)28-7-4-8-29(35(28)39)30-11-9-22(36(42-30)50-2)18-40-19-24-10-12-33(48)41-24/h3-9,11,17,20,24-25,40,47H,10,12-16,18-19,21H2,1-2H3,(H,41,48)/t24-/m0/s1. The number of pyridine rings is 1. The van der Waals surface area contributed by atoms with Crippen LogP contribution >= 0.6 is 23.2 Å². The number of nitrogens with one attached hydrogen (secondary N) is 2. The van der Waals surface area contributed by atoms with Crippen LogP contribution in [0.25, 0.3) is 39.0 Å². The van der Waals surface area contributed by atoms with Crippen LogP contribution in [0.15, 0.2) is 65.6 Å². The Morgan fingerprint density at radius 3 is 2.38 bits per heavy atom. The number of hydrogen-bond acceptors (Lipinski definition) is 8. The lowest BCUT2D eigenvalue weighted by Gasteiger charge is -2.29. The number of carbonyl (C=O) groups excluding carboxylic acids is 1. The lowest BCUT2D eigenvalue weighted by Crippen LogP contribution is -2.37. The third-order valence-corrected chi connectivity index (χ3v) is 10.5. The van der Waals surface area contributed by atoms with Crippen molar-refractivity contribution in [2.75, 3.05) is 26.7 Å². The number of aliphatic hydroxyl groups is 1. The maximum atomic E-state index is 13.4. The maximum absolute atomic E-state index is 13.4.